The Kier molecular flexibility index (Phi) is 4.84. The minimum Gasteiger partial charge on any atom is -0.381 e. The maximum absolute atomic E-state index is 12.5. The van der Waals surface area contributed by atoms with Gasteiger partial charge in [0.1, 0.15) is 5.82 Å². The van der Waals surface area contributed by atoms with Gasteiger partial charge in [-0.3, -0.25) is 9.78 Å². The number of fused-ring (bicyclic) bond motifs is 1. The monoisotopic (exact) mass is 348 g/mol. The minimum absolute atomic E-state index is 0.128. The zero-order valence-electron chi connectivity index (χ0n) is 14.4. The molecule has 6 heteroatoms. The van der Waals surface area contributed by atoms with E-state index in [0.717, 1.165) is 41.9 Å². The summed E-state index contributed by atoms with van der Waals surface area (Å²) in [5.41, 5.74) is 2.29. The van der Waals surface area contributed by atoms with Gasteiger partial charge in [-0.25, -0.2) is 9.97 Å². The molecule has 3 aromatic rings. The van der Waals surface area contributed by atoms with E-state index in [1.807, 2.05) is 30.3 Å². The topological polar surface area (TPSA) is 77.0 Å². The number of pyridine rings is 1. The fraction of sp³-hybridized carbons (Fsp3) is 0.300. The quantitative estimate of drug-likeness (QED) is 0.784. The van der Waals surface area contributed by atoms with Crippen LogP contribution in [0.4, 0.5) is 0 Å². The minimum atomic E-state index is -0.128. The number of nitrogens with one attached hydrogen (secondary N) is 1. The van der Waals surface area contributed by atoms with Gasteiger partial charge in [0.2, 0.25) is 0 Å². The lowest BCUT2D eigenvalue weighted by molar-refractivity contribution is 0.0779. The second-order valence-electron chi connectivity index (χ2n) is 6.41. The first kappa shape index (κ1) is 16.6. The lowest BCUT2D eigenvalue weighted by Gasteiger charge is -2.20. The Labute approximate surface area is 151 Å². The van der Waals surface area contributed by atoms with Gasteiger partial charge in [0.15, 0.2) is 0 Å². The van der Waals surface area contributed by atoms with Crippen LogP contribution in [0.3, 0.4) is 0 Å². The van der Waals surface area contributed by atoms with Crippen LogP contribution in [0.25, 0.3) is 10.9 Å². The number of aromatic nitrogens is 3. The molecule has 0 aliphatic carbocycles. The molecule has 1 amide bonds. The molecule has 0 unspecified atom stereocenters. The average Bonchev–Trinajstić information content (AvgIpc) is 2.72. The van der Waals surface area contributed by atoms with Crippen molar-refractivity contribution in [2.75, 3.05) is 13.2 Å². The highest BCUT2D eigenvalue weighted by Crippen LogP contribution is 2.22. The number of carbonyl (C=O) groups excluding carboxylic acids is 1. The van der Waals surface area contributed by atoms with Crippen molar-refractivity contribution in [3.8, 4) is 0 Å². The molecule has 1 saturated heterocycles. The van der Waals surface area contributed by atoms with Gasteiger partial charge in [-0.2, -0.15) is 0 Å². The van der Waals surface area contributed by atoms with Crippen LogP contribution in [0.15, 0.2) is 48.8 Å². The highest BCUT2D eigenvalue weighted by atomic mass is 16.5. The fourth-order valence-electron chi connectivity index (χ4n) is 3.14. The summed E-state index contributed by atoms with van der Waals surface area (Å²) in [5.74, 6) is 0.914. The molecule has 26 heavy (non-hydrogen) atoms. The summed E-state index contributed by atoms with van der Waals surface area (Å²) in [7, 11) is 0. The number of hydrogen-bond acceptors (Lipinski definition) is 5. The number of amides is 1. The van der Waals surface area contributed by atoms with Gasteiger partial charge >= 0.3 is 0 Å². The van der Waals surface area contributed by atoms with E-state index in [-0.39, 0.29) is 11.8 Å². The first-order chi connectivity index (χ1) is 12.8. The number of ether oxygens (including phenoxy) is 1. The van der Waals surface area contributed by atoms with Crippen molar-refractivity contribution in [2.45, 2.75) is 25.3 Å². The third-order valence-electron chi connectivity index (χ3n) is 4.55. The highest BCUT2D eigenvalue weighted by molar-refractivity contribution is 5.97. The summed E-state index contributed by atoms with van der Waals surface area (Å²) in [6.45, 7) is 1.85. The van der Waals surface area contributed by atoms with Crippen molar-refractivity contribution >= 4 is 16.8 Å². The highest BCUT2D eigenvalue weighted by Gasteiger charge is 2.19. The van der Waals surface area contributed by atoms with Crippen molar-refractivity contribution < 1.29 is 9.53 Å². The van der Waals surface area contributed by atoms with Crippen LogP contribution in [0.2, 0.25) is 0 Å². The van der Waals surface area contributed by atoms with Gasteiger partial charge in [-0.05, 0) is 43.2 Å². The molecule has 1 aromatic carbocycles. The molecule has 6 nitrogen and oxygen atoms in total. The predicted octanol–water partition coefficient (Wildman–Crippen LogP) is 2.85. The molecule has 0 radical (unpaired) electrons. The summed E-state index contributed by atoms with van der Waals surface area (Å²) >= 11 is 0. The first-order valence-corrected chi connectivity index (χ1v) is 8.82. The Balaban J connectivity index is 1.43. The Morgan fingerprint density at radius 2 is 2.15 bits per heavy atom. The van der Waals surface area contributed by atoms with E-state index in [1.165, 1.54) is 0 Å². The van der Waals surface area contributed by atoms with E-state index in [4.69, 9.17) is 4.74 Å². The van der Waals surface area contributed by atoms with Gasteiger partial charge in [0.05, 0.1) is 24.4 Å². The number of rotatable bonds is 4. The molecule has 132 valence electrons. The van der Waals surface area contributed by atoms with E-state index < -0.39 is 0 Å². The number of benzene rings is 1. The van der Waals surface area contributed by atoms with Crippen molar-refractivity contribution in [3.63, 3.8) is 0 Å². The van der Waals surface area contributed by atoms with Gasteiger partial charge in [-0.1, -0.05) is 6.07 Å². The third kappa shape index (κ3) is 3.70. The average molecular weight is 348 g/mol. The summed E-state index contributed by atoms with van der Waals surface area (Å²) in [6.07, 6.45) is 5.57. The van der Waals surface area contributed by atoms with Crippen LogP contribution in [-0.4, -0.2) is 34.1 Å². The molecule has 1 N–H and O–H groups in total. The normalized spacial score (nSPS) is 17.2. The number of hydrogen-bond donors (Lipinski definition) is 1. The van der Waals surface area contributed by atoms with Crippen LogP contribution >= 0.6 is 0 Å². The largest absolute Gasteiger partial charge is 0.381 e. The molecule has 1 aliphatic heterocycles. The maximum Gasteiger partial charge on any atom is 0.251 e. The smallest absolute Gasteiger partial charge is 0.251 e. The lowest BCUT2D eigenvalue weighted by atomic mass is 10.0. The van der Waals surface area contributed by atoms with Crippen molar-refractivity contribution in [3.05, 3.63) is 65.9 Å². The van der Waals surface area contributed by atoms with Crippen molar-refractivity contribution in [1.29, 1.82) is 0 Å². The van der Waals surface area contributed by atoms with Crippen LogP contribution in [0, 0.1) is 0 Å². The van der Waals surface area contributed by atoms with Crippen molar-refractivity contribution in [1.82, 2.24) is 20.3 Å². The maximum atomic E-state index is 12.5. The first-order valence-electron chi connectivity index (χ1n) is 8.82. The Morgan fingerprint density at radius 3 is 3.04 bits per heavy atom. The zero-order chi connectivity index (χ0) is 17.8. The Hall–Kier alpha value is -2.86. The Bertz CT molecular complexity index is 922. The molecule has 4 rings (SSSR count). The molecule has 0 saturated carbocycles. The van der Waals surface area contributed by atoms with Gasteiger partial charge < -0.3 is 10.1 Å². The standard InChI is InChI=1S/C20H20N4O2/c25-20(15-5-6-18-14(11-15)3-1-8-21-18)23-12-17-7-9-22-19(24-17)16-4-2-10-26-13-16/h1,3,5-9,11,16H,2,4,10,12-13H2,(H,23,25)/t16-/m0/s1. The SMILES string of the molecule is O=C(NCc1ccnc([C@H]2CCCOC2)n1)c1ccc2ncccc2c1. The molecule has 1 atom stereocenters. The number of nitrogens with zero attached hydrogens (tertiary/aromatic N) is 3. The zero-order valence-corrected chi connectivity index (χ0v) is 14.4. The van der Waals surface area contributed by atoms with E-state index in [9.17, 15) is 4.79 Å². The van der Waals surface area contributed by atoms with Crippen LogP contribution in [0.1, 0.15) is 40.6 Å². The molecular weight excluding hydrogens is 328 g/mol. The summed E-state index contributed by atoms with van der Waals surface area (Å²) in [5, 5.41) is 3.88. The van der Waals surface area contributed by atoms with E-state index in [0.29, 0.717) is 18.7 Å². The molecule has 0 bridgehead atoms. The van der Waals surface area contributed by atoms with Crippen LogP contribution in [0.5, 0.6) is 0 Å². The number of carbonyl (C=O) groups is 1. The molecule has 1 fully saturated rings. The van der Waals surface area contributed by atoms with Gasteiger partial charge in [-0.15, -0.1) is 0 Å². The summed E-state index contributed by atoms with van der Waals surface area (Å²) < 4.78 is 5.51. The van der Waals surface area contributed by atoms with Gasteiger partial charge in [0, 0.05) is 35.9 Å². The summed E-state index contributed by atoms with van der Waals surface area (Å²) in [6, 6.07) is 11.1. The third-order valence-corrected chi connectivity index (χ3v) is 4.55. The Morgan fingerprint density at radius 1 is 1.19 bits per heavy atom. The second kappa shape index (κ2) is 7.58. The fourth-order valence-corrected chi connectivity index (χ4v) is 3.14. The predicted molar refractivity (Wildman–Crippen MR) is 97.7 cm³/mol. The molecule has 2 aromatic heterocycles. The second-order valence-corrected chi connectivity index (χ2v) is 6.41. The van der Waals surface area contributed by atoms with E-state index >= 15 is 0 Å². The van der Waals surface area contributed by atoms with E-state index in [2.05, 4.69) is 20.3 Å². The van der Waals surface area contributed by atoms with E-state index in [1.54, 1.807) is 18.5 Å². The molecular formula is C20H20N4O2. The van der Waals surface area contributed by atoms with Crippen molar-refractivity contribution in [2.24, 2.45) is 0 Å². The van der Waals surface area contributed by atoms with Crippen LogP contribution < -0.4 is 5.32 Å². The van der Waals surface area contributed by atoms with Crippen LogP contribution in [-0.2, 0) is 11.3 Å². The summed E-state index contributed by atoms with van der Waals surface area (Å²) in [4.78, 5) is 25.7. The lowest BCUT2D eigenvalue weighted by Crippen LogP contribution is -2.24. The molecule has 0 spiro atoms. The van der Waals surface area contributed by atoms with Gasteiger partial charge in [0.25, 0.3) is 5.91 Å². The molecule has 3 heterocycles. The molecule has 1 aliphatic rings.